The Labute approximate surface area is 456 Å². The second kappa shape index (κ2) is 62.7. The number of rotatable bonds is 26. The highest BCUT2D eigenvalue weighted by Crippen LogP contribution is 2.28. The van der Waals surface area contributed by atoms with E-state index in [9.17, 15) is 0 Å². The molecule has 0 heteroatoms. The van der Waals surface area contributed by atoms with Gasteiger partial charge in [-0.1, -0.05) is 302 Å². The van der Waals surface area contributed by atoms with Gasteiger partial charge in [0.2, 0.25) is 0 Å². The van der Waals surface area contributed by atoms with Crippen molar-refractivity contribution < 1.29 is 0 Å². The van der Waals surface area contributed by atoms with Gasteiger partial charge in [-0.3, -0.25) is 0 Å². The van der Waals surface area contributed by atoms with Gasteiger partial charge < -0.3 is 0 Å². The van der Waals surface area contributed by atoms with E-state index < -0.39 is 0 Å². The Hall–Kier alpha value is -1.56. The highest BCUT2D eigenvalue weighted by atomic mass is 14.2. The van der Waals surface area contributed by atoms with Gasteiger partial charge in [-0.25, -0.2) is 0 Å². The van der Waals surface area contributed by atoms with Crippen molar-refractivity contribution in [1.29, 1.82) is 0 Å². The third-order valence-electron chi connectivity index (χ3n) is 12.5. The molecule has 0 fully saturated rings. The maximum absolute atomic E-state index is 3.65. The number of unbranched alkanes of at least 4 members (excludes halogenated alkanes) is 12. The molecule has 0 saturated carbocycles. The van der Waals surface area contributed by atoms with Crippen molar-refractivity contribution in [2.45, 2.75) is 344 Å². The summed E-state index contributed by atoms with van der Waals surface area (Å²) < 4.78 is 0. The lowest BCUT2D eigenvalue weighted by atomic mass is 9.85. The van der Waals surface area contributed by atoms with Gasteiger partial charge in [-0.05, 0) is 123 Å². The van der Waals surface area contributed by atoms with Gasteiger partial charge in [0.15, 0.2) is 0 Å². The number of hydrogen-bond donors (Lipinski definition) is 0. The van der Waals surface area contributed by atoms with Gasteiger partial charge in [-0.15, -0.1) is 32.9 Å². The minimum atomic E-state index is 0.511. The van der Waals surface area contributed by atoms with E-state index in [0.717, 1.165) is 30.6 Å². The molecule has 2 atom stereocenters. The van der Waals surface area contributed by atoms with Gasteiger partial charge >= 0.3 is 0 Å². The van der Waals surface area contributed by atoms with Crippen LogP contribution in [0.25, 0.3) is 0 Å². The molecule has 0 nitrogen and oxygen atoms in total. The molecule has 2 aliphatic rings. The van der Waals surface area contributed by atoms with Crippen molar-refractivity contribution >= 4 is 0 Å². The van der Waals surface area contributed by atoms with E-state index in [-0.39, 0.29) is 0 Å². The highest BCUT2D eigenvalue weighted by molar-refractivity contribution is 4.93. The Morgan fingerprint density at radius 3 is 0.803 bits per heavy atom. The van der Waals surface area contributed by atoms with Crippen LogP contribution in [0.15, 0.2) is 75.4 Å². The Bertz CT molecular complexity index is 960. The van der Waals surface area contributed by atoms with E-state index in [1.54, 1.807) is 6.08 Å². The molecule has 71 heavy (non-hydrogen) atoms. The lowest BCUT2D eigenvalue weighted by molar-refractivity contribution is 0.314. The van der Waals surface area contributed by atoms with E-state index in [4.69, 9.17) is 0 Å². The molecule has 0 saturated heterocycles. The fourth-order valence-corrected chi connectivity index (χ4v) is 7.66. The zero-order valence-corrected chi connectivity index (χ0v) is 53.9. The highest BCUT2D eigenvalue weighted by Gasteiger charge is 2.14. The molecule has 0 aromatic carbocycles. The molecular formula is C71H144. The summed E-state index contributed by atoms with van der Waals surface area (Å²) in [5, 5.41) is 0. The Morgan fingerprint density at radius 1 is 0.352 bits per heavy atom. The standard InChI is InChI=1S/C22H46.C20H42.2C8H14.C4H6.C3H6.2C2H6.C2H4/c1-19(15-17-21(3,4)5)13-11-9-10-12-14-20(2)16-18-22(6,7)8;1-19(2,3)17-15-13-11-9-7-8-10-12-14-16-18-20(4,5)6;1-2-4-6-8-7-5-3-1;1-4-6-8(3)7-5-2;1-2-4-3-1;1-3-2;3*1-2/h19-20H,9-18H2,1-8H3;7-18H2,1-6H3;1-2H,3-8H2;4-5,8H,1-2,6-7H2,3H3;1-2H,3-4H2;3H,1H2,2H3;2*1-2H3;1-2H2. The molecule has 2 aliphatic carbocycles. The molecule has 0 heterocycles. The first kappa shape index (κ1) is 83.4. The zero-order valence-electron chi connectivity index (χ0n) is 53.9. The zero-order chi connectivity index (χ0) is 56.3. The third kappa shape index (κ3) is 102. The minimum Gasteiger partial charge on any atom is -0.106 e. The Kier molecular flexibility index (Phi) is 73.7. The van der Waals surface area contributed by atoms with Gasteiger partial charge in [0.1, 0.15) is 0 Å². The van der Waals surface area contributed by atoms with E-state index in [0.29, 0.717) is 21.7 Å². The van der Waals surface area contributed by atoms with Crippen molar-refractivity contribution in [3.8, 4) is 0 Å². The van der Waals surface area contributed by atoms with Crippen molar-refractivity contribution in [1.82, 2.24) is 0 Å². The van der Waals surface area contributed by atoms with Crippen LogP contribution >= 0.6 is 0 Å². The van der Waals surface area contributed by atoms with Gasteiger partial charge in [0.05, 0.1) is 0 Å². The van der Waals surface area contributed by atoms with Crippen LogP contribution in [-0.4, -0.2) is 0 Å². The van der Waals surface area contributed by atoms with Crippen molar-refractivity contribution in [2.24, 2.45) is 39.4 Å². The van der Waals surface area contributed by atoms with Crippen LogP contribution in [0.1, 0.15) is 344 Å². The predicted molar refractivity (Wildman–Crippen MR) is 342 cm³/mol. The van der Waals surface area contributed by atoms with E-state index in [2.05, 4.69) is 161 Å². The van der Waals surface area contributed by atoms with Gasteiger partial charge in [0.25, 0.3) is 0 Å². The molecule has 0 aromatic rings. The summed E-state index contributed by atoms with van der Waals surface area (Å²) in [6, 6.07) is 0. The summed E-state index contributed by atoms with van der Waals surface area (Å²) in [4.78, 5) is 0. The Balaban J connectivity index is -0.000000150. The molecule has 2 unspecified atom stereocenters. The van der Waals surface area contributed by atoms with E-state index >= 15 is 0 Å². The Morgan fingerprint density at radius 2 is 0.577 bits per heavy atom. The molecule has 0 N–H and O–H groups in total. The molecule has 0 spiro atoms. The second-order valence-electron chi connectivity index (χ2n) is 25.6. The van der Waals surface area contributed by atoms with E-state index in [1.165, 1.54) is 193 Å². The smallest absolute Gasteiger partial charge is 0.0316 e. The molecule has 0 aromatic heterocycles. The van der Waals surface area contributed by atoms with E-state index in [1.807, 2.05) is 46.8 Å². The number of allylic oxidation sites excluding steroid dienone is 7. The van der Waals surface area contributed by atoms with Crippen molar-refractivity contribution in [3.63, 3.8) is 0 Å². The minimum absolute atomic E-state index is 0.511. The molecule has 0 amide bonds. The van der Waals surface area contributed by atoms with Crippen LogP contribution in [0.2, 0.25) is 0 Å². The maximum atomic E-state index is 3.65. The predicted octanol–water partition coefficient (Wildman–Crippen LogP) is 27.1. The van der Waals surface area contributed by atoms with Crippen LogP contribution in [0.4, 0.5) is 0 Å². The van der Waals surface area contributed by atoms with Gasteiger partial charge in [-0.2, -0.15) is 0 Å². The fourth-order valence-electron chi connectivity index (χ4n) is 7.66. The summed E-state index contributed by atoms with van der Waals surface area (Å²) in [6.45, 7) is 61.9. The van der Waals surface area contributed by atoms with Crippen LogP contribution in [0.5, 0.6) is 0 Å². The maximum Gasteiger partial charge on any atom is -0.0316 e. The molecule has 0 radical (unpaired) electrons. The van der Waals surface area contributed by atoms with Gasteiger partial charge in [0, 0.05) is 0 Å². The summed E-state index contributed by atoms with van der Waals surface area (Å²) >= 11 is 0. The summed E-state index contributed by atoms with van der Waals surface area (Å²) in [6.07, 6.45) is 59.4. The van der Waals surface area contributed by atoms with Crippen LogP contribution < -0.4 is 0 Å². The average molecular weight is 998 g/mol. The first-order valence-corrected chi connectivity index (χ1v) is 31.0. The molecule has 2 rings (SSSR count). The van der Waals surface area contributed by atoms with Crippen LogP contribution in [0.3, 0.4) is 0 Å². The SMILES string of the molecule is C1=CCC1.C1=CCCCCCC1.C=C.C=CC.C=CCC(C)CC=C.CC.CC.CC(C)(C)CCCCCCCCCCCCC(C)(C)C.CC(CCCCCCC(C)CCC(C)(C)C)CCC(C)(C)C. The van der Waals surface area contributed by atoms with Crippen molar-refractivity contribution in [2.75, 3.05) is 0 Å². The number of hydrogen-bond acceptors (Lipinski definition) is 0. The monoisotopic (exact) mass is 997 g/mol. The van der Waals surface area contributed by atoms with Crippen LogP contribution in [0, 0.1) is 39.4 Å². The normalized spacial score (nSPS) is 13.6. The first-order chi connectivity index (χ1) is 33.4. The third-order valence-corrected chi connectivity index (χ3v) is 12.5. The van der Waals surface area contributed by atoms with Crippen LogP contribution in [-0.2, 0) is 0 Å². The summed E-state index contributed by atoms with van der Waals surface area (Å²) in [5.41, 5.74) is 2.09. The lowest BCUT2D eigenvalue weighted by Gasteiger charge is -2.21. The largest absolute Gasteiger partial charge is 0.106 e. The molecular weight excluding hydrogens is 853 g/mol. The quantitative estimate of drug-likeness (QED) is 0.0598. The molecule has 0 bridgehead atoms. The summed E-state index contributed by atoms with van der Waals surface area (Å²) in [7, 11) is 0. The second-order valence-corrected chi connectivity index (χ2v) is 25.6. The topological polar surface area (TPSA) is 0 Å². The average Bonchev–Trinajstić information content (AvgIpc) is 3.25. The lowest BCUT2D eigenvalue weighted by Crippen LogP contribution is -2.08. The first-order valence-electron chi connectivity index (χ1n) is 31.0. The summed E-state index contributed by atoms with van der Waals surface area (Å²) in [5.74, 6) is 2.57. The fraction of sp³-hybridized carbons (Fsp3) is 0.831. The van der Waals surface area contributed by atoms with Crippen molar-refractivity contribution in [3.05, 3.63) is 75.4 Å². The molecule has 428 valence electrons. The molecule has 0 aliphatic heterocycles.